The lowest BCUT2D eigenvalue weighted by atomic mass is 10.2. The molecule has 22 heavy (non-hydrogen) atoms. The fourth-order valence-electron chi connectivity index (χ4n) is 1.97. The highest BCUT2D eigenvalue weighted by atomic mass is 32.1. The summed E-state index contributed by atoms with van der Waals surface area (Å²) in [4.78, 5) is 22.6. The van der Waals surface area contributed by atoms with Gasteiger partial charge in [-0.3, -0.25) is 0 Å². The van der Waals surface area contributed by atoms with E-state index in [9.17, 15) is 4.79 Å². The fraction of sp³-hybridized carbons (Fsp3) is 0.571. The van der Waals surface area contributed by atoms with Gasteiger partial charge in [-0.25, -0.2) is 9.78 Å². The molecule has 1 unspecified atom stereocenters. The molecule has 0 spiro atoms. The van der Waals surface area contributed by atoms with E-state index in [1.54, 1.807) is 22.4 Å². The van der Waals surface area contributed by atoms with E-state index in [0.29, 0.717) is 31.2 Å². The molecule has 1 N–H and O–H groups in total. The largest absolute Gasteiger partial charge is 0.337 e. The predicted molar refractivity (Wildman–Crippen MR) is 83.4 cm³/mol. The molecule has 2 heterocycles. The quantitative estimate of drug-likeness (QED) is 0.847. The number of amides is 2. The summed E-state index contributed by atoms with van der Waals surface area (Å²) < 4.78 is 5.15. The number of hydrogen-bond acceptors (Lipinski definition) is 6. The van der Waals surface area contributed by atoms with Crippen molar-refractivity contribution >= 4 is 17.4 Å². The molecule has 0 saturated carbocycles. The van der Waals surface area contributed by atoms with Gasteiger partial charge in [0.25, 0.3) is 0 Å². The minimum absolute atomic E-state index is 0.0737. The van der Waals surface area contributed by atoms with Crippen LogP contribution in [-0.2, 0) is 13.0 Å². The number of thiazole rings is 1. The van der Waals surface area contributed by atoms with E-state index in [1.807, 2.05) is 26.2 Å². The summed E-state index contributed by atoms with van der Waals surface area (Å²) >= 11 is 1.54. The van der Waals surface area contributed by atoms with Crippen LogP contribution in [0.15, 0.2) is 16.1 Å². The molecule has 0 bridgehead atoms. The number of aryl methyl sites for hydroxylation is 1. The van der Waals surface area contributed by atoms with Crippen molar-refractivity contribution in [1.29, 1.82) is 0 Å². The van der Waals surface area contributed by atoms with E-state index in [2.05, 4.69) is 20.4 Å². The van der Waals surface area contributed by atoms with Crippen LogP contribution < -0.4 is 5.32 Å². The molecule has 2 amide bonds. The Labute approximate surface area is 133 Å². The normalized spacial score (nSPS) is 12.1. The van der Waals surface area contributed by atoms with Crippen LogP contribution in [0.25, 0.3) is 0 Å². The van der Waals surface area contributed by atoms with Gasteiger partial charge in [-0.15, -0.1) is 11.3 Å². The van der Waals surface area contributed by atoms with Gasteiger partial charge in [-0.2, -0.15) is 4.98 Å². The van der Waals surface area contributed by atoms with Gasteiger partial charge < -0.3 is 14.7 Å². The molecule has 0 aliphatic carbocycles. The third-order valence-electron chi connectivity index (χ3n) is 3.28. The van der Waals surface area contributed by atoms with Crippen molar-refractivity contribution in [1.82, 2.24) is 25.3 Å². The Balaban J connectivity index is 1.98. The second-order valence-corrected chi connectivity index (χ2v) is 5.68. The number of nitrogens with one attached hydrogen (secondary N) is 1. The summed E-state index contributed by atoms with van der Waals surface area (Å²) in [5.41, 5.74) is 0. The van der Waals surface area contributed by atoms with Crippen LogP contribution in [0.4, 0.5) is 4.79 Å². The van der Waals surface area contributed by atoms with Crippen LogP contribution in [0.5, 0.6) is 0 Å². The van der Waals surface area contributed by atoms with Gasteiger partial charge in [-0.05, 0) is 13.3 Å². The fourth-order valence-corrected chi connectivity index (χ4v) is 2.75. The average molecular weight is 323 g/mol. The van der Waals surface area contributed by atoms with E-state index >= 15 is 0 Å². The first-order chi connectivity index (χ1) is 10.7. The van der Waals surface area contributed by atoms with Crippen molar-refractivity contribution in [3.05, 3.63) is 28.3 Å². The van der Waals surface area contributed by atoms with E-state index in [4.69, 9.17) is 4.52 Å². The summed E-state index contributed by atoms with van der Waals surface area (Å²) in [6.07, 6.45) is 3.25. The van der Waals surface area contributed by atoms with Gasteiger partial charge in [0.05, 0.1) is 6.04 Å². The molecule has 1 atom stereocenters. The average Bonchev–Trinajstić information content (AvgIpc) is 3.21. The monoisotopic (exact) mass is 323 g/mol. The highest BCUT2D eigenvalue weighted by molar-refractivity contribution is 7.09. The Kier molecular flexibility index (Phi) is 5.88. The van der Waals surface area contributed by atoms with Crippen LogP contribution in [-0.4, -0.2) is 32.6 Å². The van der Waals surface area contributed by atoms with Gasteiger partial charge in [0.2, 0.25) is 5.89 Å². The highest BCUT2D eigenvalue weighted by Crippen LogP contribution is 2.19. The Morgan fingerprint density at radius 3 is 2.82 bits per heavy atom. The van der Waals surface area contributed by atoms with Crippen molar-refractivity contribution in [3.63, 3.8) is 0 Å². The Bertz CT molecular complexity index is 584. The van der Waals surface area contributed by atoms with E-state index in [0.717, 1.165) is 11.4 Å². The number of carbonyl (C=O) groups is 1. The number of nitrogens with zero attached hydrogens (tertiary/aromatic N) is 4. The van der Waals surface area contributed by atoms with Crippen molar-refractivity contribution < 1.29 is 9.32 Å². The lowest BCUT2D eigenvalue weighted by molar-refractivity contribution is 0.185. The predicted octanol–water partition coefficient (Wildman–Crippen LogP) is 2.77. The molecule has 0 aliphatic heterocycles. The molecule has 2 aromatic heterocycles. The Hall–Kier alpha value is -1.96. The first-order valence-corrected chi connectivity index (χ1v) is 8.32. The second kappa shape index (κ2) is 7.88. The van der Waals surface area contributed by atoms with Crippen LogP contribution in [0.1, 0.15) is 50.0 Å². The van der Waals surface area contributed by atoms with Gasteiger partial charge in [0, 0.05) is 24.5 Å². The van der Waals surface area contributed by atoms with Gasteiger partial charge in [0.1, 0.15) is 11.6 Å². The first-order valence-electron chi connectivity index (χ1n) is 7.44. The van der Waals surface area contributed by atoms with Crippen molar-refractivity contribution in [2.75, 3.05) is 6.54 Å². The number of carbonyl (C=O) groups excluding carboxylic acids is 1. The van der Waals surface area contributed by atoms with Crippen molar-refractivity contribution in [3.8, 4) is 0 Å². The molecule has 0 radical (unpaired) electrons. The lowest BCUT2D eigenvalue weighted by Gasteiger charge is -2.23. The van der Waals surface area contributed by atoms with Gasteiger partial charge >= 0.3 is 6.03 Å². The topological polar surface area (TPSA) is 84.2 Å². The number of rotatable bonds is 7. The molecule has 0 saturated heterocycles. The third-order valence-corrected chi connectivity index (χ3v) is 4.17. The lowest BCUT2D eigenvalue weighted by Crippen LogP contribution is -2.41. The van der Waals surface area contributed by atoms with Crippen LogP contribution >= 0.6 is 11.3 Å². The van der Waals surface area contributed by atoms with E-state index < -0.39 is 0 Å². The molecule has 0 aromatic carbocycles. The maximum Gasteiger partial charge on any atom is 0.318 e. The minimum Gasteiger partial charge on any atom is -0.337 e. The molecule has 2 rings (SSSR count). The molecule has 0 fully saturated rings. The SMILES string of the molecule is CCc1noc(CN(CC)C(=O)NC(CC)c2nccs2)n1. The van der Waals surface area contributed by atoms with Crippen LogP contribution in [0, 0.1) is 0 Å². The zero-order chi connectivity index (χ0) is 15.9. The molecule has 8 heteroatoms. The second-order valence-electron chi connectivity index (χ2n) is 4.75. The number of urea groups is 1. The maximum atomic E-state index is 12.4. The molecule has 0 aliphatic rings. The smallest absolute Gasteiger partial charge is 0.318 e. The molecular weight excluding hydrogens is 302 g/mol. The third kappa shape index (κ3) is 4.03. The zero-order valence-corrected chi connectivity index (χ0v) is 13.9. The maximum absolute atomic E-state index is 12.4. The minimum atomic E-state index is -0.152. The summed E-state index contributed by atoms with van der Waals surface area (Å²) in [7, 11) is 0. The van der Waals surface area contributed by atoms with Crippen molar-refractivity contribution in [2.24, 2.45) is 0 Å². The van der Waals surface area contributed by atoms with Gasteiger partial charge in [0.15, 0.2) is 5.82 Å². The summed E-state index contributed by atoms with van der Waals surface area (Å²) in [6.45, 7) is 6.77. The van der Waals surface area contributed by atoms with Crippen LogP contribution in [0.3, 0.4) is 0 Å². The molecule has 2 aromatic rings. The molecule has 120 valence electrons. The van der Waals surface area contributed by atoms with Gasteiger partial charge in [-0.1, -0.05) is 19.0 Å². The first kappa shape index (κ1) is 16.4. The summed E-state index contributed by atoms with van der Waals surface area (Å²) in [5.74, 6) is 1.11. The number of hydrogen-bond donors (Lipinski definition) is 1. The summed E-state index contributed by atoms with van der Waals surface area (Å²) in [5, 5.41) is 9.68. The Morgan fingerprint density at radius 1 is 1.45 bits per heavy atom. The van der Waals surface area contributed by atoms with Crippen molar-refractivity contribution in [2.45, 2.75) is 46.2 Å². The van der Waals surface area contributed by atoms with Crippen LogP contribution in [0.2, 0.25) is 0 Å². The number of aromatic nitrogens is 3. The molecular formula is C14H21N5O2S. The summed E-state index contributed by atoms with van der Waals surface area (Å²) in [6, 6.07) is -0.226. The molecule has 7 nitrogen and oxygen atoms in total. The standard InChI is InChI=1S/C14H21N5O2S/c1-4-10(13-15-7-8-22-13)16-14(20)19(6-3)9-12-17-11(5-2)18-21-12/h7-8,10H,4-6,9H2,1-3H3,(H,16,20). The Morgan fingerprint density at radius 2 is 2.27 bits per heavy atom. The van der Waals surface area contributed by atoms with E-state index in [-0.39, 0.29) is 12.1 Å². The van der Waals surface area contributed by atoms with E-state index in [1.165, 1.54) is 0 Å². The highest BCUT2D eigenvalue weighted by Gasteiger charge is 2.20. The zero-order valence-electron chi connectivity index (χ0n) is 13.1.